The van der Waals surface area contributed by atoms with Gasteiger partial charge in [-0.05, 0) is 50.6 Å². The Kier molecular flexibility index (Phi) is 5.47. The van der Waals surface area contributed by atoms with E-state index in [0.717, 1.165) is 6.07 Å². The molecule has 0 radical (unpaired) electrons. The van der Waals surface area contributed by atoms with Gasteiger partial charge in [-0.3, -0.25) is 9.78 Å². The summed E-state index contributed by atoms with van der Waals surface area (Å²) in [5, 5.41) is 0.0984. The van der Waals surface area contributed by atoms with Crippen LogP contribution in [0.1, 0.15) is 29.8 Å². The minimum Gasteiger partial charge on any atom is -0.339 e. The molecule has 0 bridgehead atoms. The molecule has 0 aliphatic heterocycles. The molecule has 0 aliphatic rings. The molecule has 146 valence electrons. The summed E-state index contributed by atoms with van der Waals surface area (Å²) in [6.07, 6.45) is 1.27. The highest BCUT2D eigenvalue weighted by Gasteiger charge is 2.30. The van der Waals surface area contributed by atoms with Crippen LogP contribution in [0.3, 0.4) is 0 Å². The lowest BCUT2D eigenvalue weighted by Crippen LogP contribution is -2.31. The second-order valence-electron chi connectivity index (χ2n) is 6.41. The van der Waals surface area contributed by atoms with E-state index >= 15 is 0 Å². The molecule has 0 atom stereocenters. The molecule has 0 unspecified atom stereocenters. The molecule has 1 aromatic heterocycles. The predicted octanol–water partition coefficient (Wildman–Crippen LogP) is 4.00. The van der Waals surface area contributed by atoms with Crippen molar-refractivity contribution in [3.8, 4) is 0 Å². The van der Waals surface area contributed by atoms with Gasteiger partial charge in [0.15, 0.2) is 0 Å². The summed E-state index contributed by atoms with van der Waals surface area (Å²) < 4.78 is 41.2. The second kappa shape index (κ2) is 7.67. The first kappa shape index (κ1) is 19.9. The fourth-order valence-electron chi connectivity index (χ4n) is 3.23. The van der Waals surface area contributed by atoms with Crippen LogP contribution in [0.5, 0.6) is 0 Å². The Hall–Kier alpha value is -2.80. The Morgan fingerprint density at radius 1 is 1.11 bits per heavy atom. The van der Waals surface area contributed by atoms with Gasteiger partial charge in [0.1, 0.15) is 5.82 Å². The van der Waals surface area contributed by atoms with Gasteiger partial charge in [0.25, 0.3) is 5.91 Å². The molecule has 5 nitrogen and oxygen atoms in total. The average molecular weight is 400 g/mol. The Labute approximate surface area is 163 Å². The van der Waals surface area contributed by atoms with Crippen LogP contribution >= 0.6 is 0 Å². The number of hydrogen-bond donors (Lipinski definition) is 0. The summed E-state index contributed by atoms with van der Waals surface area (Å²) >= 11 is 0. The fraction of sp³-hybridized carbons (Fsp3) is 0.238. The number of nitrogens with zero attached hydrogens (tertiary/aromatic N) is 2. The highest BCUT2D eigenvalue weighted by atomic mass is 32.2. The van der Waals surface area contributed by atoms with Crippen LogP contribution in [-0.2, 0) is 9.84 Å². The van der Waals surface area contributed by atoms with Crippen LogP contribution in [0.25, 0.3) is 10.9 Å². The van der Waals surface area contributed by atoms with Gasteiger partial charge in [-0.2, -0.15) is 0 Å². The molecule has 3 aromatic rings. The van der Waals surface area contributed by atoms with Gasteiger partial charge in [-0.15, -0.1) is 0 Å². The zero-order chi connectivity index (χ0) is 20.5. The number of benzene rings is 2. The zero-order valence-electron chi connectivity index (χ0n) is 15.9. The number of rotatable bonds is 5. The van der Waals surface area contributed by atoms with Crippen molar-refractivity contribution in [3.63, 3.8) is 0 Å². The van der Waals surface area contributed by atoms with Gasteiger partial charge < -0.3 is 4.90 Å². The van der Waals surface area contributed by atoms with Crippen molar-refractivity contribution >= 4 is 26.6 Å². The van der Waals surface area contributed by atoms with E-state index in [4.69, 9.17) is 0 Å². The quantitative estimate of drug-likeness (QED) is 0.649. The van der Waals surface area contributed by atoms with Gasteiger partial charge in [0.05, 0.1) is 20.9 Å². The summed E-state index contributed by atoms with van der Waals surface area (Å²) in [6.45, 7) is 6.14. The minimum atomic E-state index is -4.09. The van der Waals surface area contributed by atoms with Crippen LogP contribution in [0, 0.1) is 12.7 Å². The lowest BCUT2D eigenvalue weighted by molar-refractivity contribution is 0.0769. The summed E-state index contributed by atoms with van der Waals surface area (Å²) in [5.41, 5.74) is 0.805. The Bertz CT molecular complexity index is 1160. The SMILES string of the molecule is CCN(CC)C(=O)c1cnc2ccc(F)cc2c1S(=O)(=O)c1ccccc1C. The van der Waals surface area contributed by atoms with E-state index in [2.05, 4.69) is 4.98 Å². The van der Waals surface area contributed by atoms with E-state index in [9.17, 15) is 17.6 Å². The van der Waals surface area contributed by atoms with E-state index in [-0.39, 0.29) is 20.7 Å². The normalized spacial score (nSPS) is 11.6. The maximum absolute atomic E-state index is 14.0. The molecule has 3 rings (SSSR count). The van der Waals surface area contributed by atoms with Crippen molar-refractivity contribution in [1.82, 2.24) is 9.88 Å². The number of pyridine rings is 1. The number of aromatic nitrogens is 1. The number of sulfone groups is 1. The first-order chi connectivity index (χ1) is 13.3. The summed E-state index contributed by atoms with van der Waals surface area (Å²) in [6, 6.07) is 10.3. The summed E-state index contributed by atoms with van der Waals surface area (Å²) in [4.78, 5) is 18.6. The minimum absolute atomic E-state index is 0.0509. The lowest BCUT2D eigenvalue weighted by atomic mass is 10.1. The molecule has 2 aromatic carbocycles. The zero-order valence-corrected chi connectivity index (χ0v) is 16.8. The largest absolute Gasteiger partial charge is 0.339 e. The van der Waals surface area contributed by atoms with E-state index < -0.39 is 21.6 Å². The first-order valence-corrected chi connectivity index (χ1v) is 10.5. The molecule has 0 N–H and O–H groups in total. The van der Waals surface area contributed by atoms with Gasteiger partial charge >= 0.3 is 0 Å². The number of carbonyl (C=O) groups excluding carboxylic acids is 1. The molecular formula is C21H21FN2O3S. The molecule has 7 heteroatoms. The number of amides is 1. The van der Waals surface area contributed by atoms with Crippen LogP contribution in [-0.4, -0.2) is 37.3 Å². The lowest BCUT2D eigenvalue weighted by Gasteiger charge is -2.21. The first-order valence-electron chi connectivity index (χ1n) is 8.99. The monoisotopic (exact) mass is 400 g/mol. The maximum Gasteiger partial charge on any atom is 0.256 e. The van der Waals surface area contributed by atoms with Crippen LogP contribution in [0.2, 0.25) is 0 Å². The molecule has 1 amide bonds. The van der Waals surface area contributed by atoms with Gasteiger partial charge in [-0.1, -0.05) is 18.2 Å². The Balaban J connectivity index is 2.41. The fourth-order valence-corrected chi connectivity index (χ4v) is 5.08. The van der Waals surface area contributed by atoms with E-state index in [1.807, 2.05) is 13.8 Å². The number of carbonyl (C=O) groups is 1. The van der Waals surface area contributed by atoms with Crippen LogP contribution < -0.4 is 0 Å². The van der Waals surface area contributed by atoms with Crippen molar-refractivity contribution in [2.45, 2.75) is 30.6 Å². The molecule has 0 saturated heterocycles. The number of halogens is 1. The molecule has 0 spiro atoms. The third kappa shape index (κ3) is 3.38. The number of aryl methyl sites for hydroxylation is 1. The topological polar surface area (TPSA) is 67.3 Å². The van der Waals surface area contributed by atoms with Crippen molar-refractivity contribution < 1.29 is 17.6 Å². The maximum atomic E-state index is 14.0. The Morgan fingerprint density at radius 3 is 2.43 bits per heavy atom. The standard InChI is InChI=1S/C21H21FN2O3S/c1-4-24(5-2)21(25)17-13-23-18-11-10-15(22)12-16(18)20(17)28(26,27)19-9-7-6-8-14(19)3/h6-13H,4-5H2,1-3H3. The number of hydrogen-bond acceptors (Lipinski definition) is 4. The highest BCUT2D eigenvalue weighted by Crippen LogP contribution is 2.33. The van der Waals surface area contributed by atoms with Crippen LogP contribution in [0.15, 0.2) is 58.5 Å². The number of fused-ring (bicyclic) bond motifs is 1. The summed E-state index contributed by atoms with van der Waals surface area (Å²) in [5.74, 6) is -1.04. The van der Waals surface area contributed by atoms with Crippen molar-refractivity contribution in [3.05, 3.63) is 65.6 Å². The smallest absolute Gasteiger partial charge is 0.256 e. The van der Waals surface area contributed by atoms with Gasteiger partial charge in [0, 0.05) is 24.7 Å². The molecule has 0 saturated carbocycles. The average Bonchev–Trinajstić information content (AvgIpc) is 2.67. The van der Waals surface area contributed by atoms with Gasteiger partial charge in [-0.25, -0.2) is 12.8 Å². The van der Waals surface area contributed by atoms with Crippen LogP contribution in [0.4, 0.5) is 4.39 Å². The molecule has 1 heterocycles. The second-order valence-corrected chi connectivity index (χ2v) is 8.26. The van der Waals surface area contributed by atoms with E-state index in [1.54, 1.807) is 25.1 Å². The molecule has 28 heavy (non-hydrogen) atoms. The highest BCUT2D eigenvalue weighted by molar-refractivity contribution is 7.91. The van der Waals surface area contributed by atoms with Crippen molar-refractivity contribution in [1.29, 1.82) is 0 Å². The van der Waals surface area contributed by atoms with Gasteiger partial charge in [0.2, 0.25) is 9.84 Å². The molecule has 0 aliphatic carbocycles. The third-order valence-corrected chi connectivity index (χ3v) is 6.73. The van der Waals surface area contributed by atoms with E-state index in [1.165, 1.54) is 29.3 Å². The summed E-state index contributed by atoms with van der Waals surface area (Å²) in [7, 11) is -4.09. The van der Waals surface area contributed by atoms with Crippen molar-refractivity contribution in [2.24, 2.45) is 0 Å². The van der Waals surface area contributed by atoms with Crippen molar-refractivity contribution in [2.75, 3.05) is 13.1 Å². The molecular weight excluding hydrogens is 379 g/mol. The third-order valence-electron chi connectivity index (χ3n) is 4.71. The Morgan fingerprint density at radius 2 is 1.79 bits per heavy atom. The predicted molar refractivity (Wildman–Crippen MR) is 106 cm³/mol. The van der Waals surface area contributed by atoms with E-state index in [0.29, 0.717) is 24.2 Å². The molecule has 0 fully saturated rings.